The van der Waals surface area contributed by atoms with Crippen LogP contribution >= 0.6 is 0 Å². The summed E-state index contributed by atoms with van der Waals surface area (Å²) in [4.78, 5) is 11.1. The first-order chi connectivity index (χ1) is 6.17. The molecule has 4 N–H and O–H groups in total. The van der Waals surface area contributed by atoms with E-state index >= 15 is 0 Å². The predicted octanol–water partition coefficient (Wildman–Crippen LogP) is 1.33. The van der Waals surface area contributed by atoms with Crippen molar-refractivity contribution in [1.29, 1.82) is 0 Å². The summed E-state index contributed by atoms with van der Waals surface area (Å²) in [6.07, 6.45) is 3.38. The second kappa shape index (κ2) is 6.66. The fourth-order valence-corrected chi connectivity index (χ4v) is 1.44. The molecule has 0 heterocycles. The van der Waals surface area contributed by atoms with Gasteiger partial charge in [0.05, 0.1) is 0 Å². The molecule has 1 amide bonds. The van der Waals surface area contributed by atoms with Gasteiger partial charge in [0.2, 0.25) is 5.91 Å². The summed E-state index contributed by atoms with van der Waals surface area (Å²) in [7, 11) is 0. The second-order valence-electron chi connectivity index (χ2n) is 3.09. The van der Waals surface area contributed by atoms with Crippen LogP contribution < -0.4 is 11.5 Å². The highest BCUT2D eigenvalue weighted by molar-refractivity contribution is 5.92. The van der Waals surface area contributed by atoms with Gasteiger partial charge in [0.15, 0.2) is 0 Å². The van der Waals surface area contributed by atoms with Crippen LogP contribution in [-0.2, 0) is 4.79 Å². The smallest absolute Gasteiger partial charge is 0.244 e. The van der Waals surface area contributed by atoms with Crippen LogP contribution in [0.2, 0.25) is 0 Å². The third-order valence-corrected chi connectivity index (χ3v) is 2.10. The van der Waals surface area contributed by atoms with Crippen LogP contribution in [0.1, 0.15) is 39.5 Å². The third-order valence-electron chi connectivity index (χ3n) is 2.10. The van der Waals surface area contributed by atoms with Gasteiger partial charge in [-0.15, -0.1) is 0 Å². The first-order valence-corrected chi connectivity index (χ1v) is 4.88. The van der Waals surface area contributed by atoms with Gasteiger partial charge in [0, 0.05) is 5.57 Å². The van der Waals surface area contributed by atoms with Crippen LogP contribution in [0.4, 0.5) is 0 Å². The van der Waals surface area contributed by atoms with E-state index < -0.39 is 0 Å². The summed E-state index contributed by atoms with van der Waals surface area (Å²) < 4.78 is 0. The Morgan fingerprint density at radius 2 is 1.85 bits per heavy atom. The van der Waals surface area contributed by atoms with Gasteiger partial charge in [-0.05, 0) is 25.8 Å². The average Bonchev–Trinajstić information content (AvgIpc) is 2.10. The minimum absolute atomic E-state index is 0.285. The molecule has 0 saturated carbocycles. The van der Waals surface area contributed by atoms with Gasteiger partial charge in [0.25, 0.3) is 0 Å². The molecule has 0 aromatic heterocycles. The summed E-state index contributed by atoms with van der Waals surface area (Å²) in [5.41, 5.74) is 12.7. The molecule has 0 atom stereocenters. The van der Waals surface area contributed by atoms with E-state index in [4.69, 9.17) is 11.5 Å². The van der Waals surface area contributed by atoms with Crippen molar-refractivity contribution < 1.29 is 4.79 Å². The van der Waals surface area contributed by atoms with Crippen molar-refractivity contribution in [2.45, 2.75) is 39.5 Å². The highest BCUT2D eigenvalue weighted by Gasteiger charge is 2.09. The van der Waals surface area contributed by atoms with Crippen LogP contribution in [0, 0.1) is 0 Å². The number of nitrogens with two attached hydrogens (primary N) is 2. The highest BCUT2D eigenvalue weighted by atomic mass is 16.1. The van der Waals surface area contributed by atoms with E-state index in [9.17, 15) is 4.79 Å². The van der Waals surface area contributed by atoms with Gasteiger partial charge in [-0.2, -0.15) is 0 Å². The Balaban J connectivity index is 4.66. The molecule has 76 valence electrons. The predicted molar refractivity (Wildman–Crippen MR) is 55.1 cm³/mol. The Hall–Kier alpha value is -0.830. The zero-order chi connectivity index (χ0) is 10.3. The topological polar surface area (TPSA) is 69.1 Å². The fraction of sp³-hybridized carbons (Fsp3) is 0.700. The molecule has 3 nitrogen and oxygen atoms in total. The number of rotatable bonds is 6. The van der Waals surface area contributed by atoms with Crippen molar-refractivity contribution in [2.75, 3.05) is 6.54 Å². The van der Waals surface area contributed by atoms with Gasteiger partial charge < -0.3 is 11.5 Å². The first kappa shape index (κ1) is 12.2. The molecule has 0 unspecified atom stereocenters. The Labute approximate surface area is 80.2 Å². The van der Waals surface area contributed by atoms with Gasteiger partial charge in [0.1, 0.15) is 0 Å². The number of hydrogen-bond acceptors (Lipinski definition) is 2. The Morgan fingerprint density at radius 1 is 1.23 bits per heavy atom. The normalized spacial score (nSPS) is 12.5. The highest BCUT2D eigenvalue weighted by Crippen LogP contribution is 2.16. The van der Waals surface area contributed by atoms with E-state index in [1.54, 1.807) is 0 Å². The average molecular weight is 184 g/mol. The number of hydrogen-bond donors (Lipinski definition) is 2. The molecule has 0 aromatic rings. The van der Waals surface area contributed by atoms with Crippen LogP contribution in [0.5, 0.6) is 0 Å². The first-order valence-electron chi connectivity index (χ1n) is 4.88. The Morgan fingerprint density at radius 3 is 2.15 bits per heavy atom. The van der Waals surface area contributed by atoms with Crippen LogP contribution in [0.25, 0.3) is 0 Å². The summed E-state index contributed by atoms with van der Waals surface area (Å²) in [5, 5.41) is 0. The molecule has 13 heavy (non-hydrogen) atoms. The minimum Gasteiger partial charge on any atom is -0.366 e. The Kier molecular flexibility index (Phi) is 6.24. The quantitative estimate of drug-likeness (QED) is 0.611. The lowest BCUT2D eigenvalue weighted by molar-refractivity contribution is -0.114. The van der Waals surface area contributed by atoms with Gasteiger partial charge in [-0.3, -0.25) is 4.79 Å². The summed E-state index contributed by atoms with van der Waals surface area (Å²) in [6, 6.07) is 0. The summed E-state index contributed by atoms with van der Waals surface area (Å²) >= 11 is 0. The molecule has 0 spiro atoms. The molecule has 0 aliphatic carbocycles. The number of amides is 1. The van der Waals surface area contributed by atoms with E-state index in [0.717, 1.165) is 36.8 Å². The second-order valence-corrected chi connectivity index (χ2v) is 3.09. The molecule has 0 radical (unpaired) electrons. The maximum Gasteiger partial charge on any atom is 0.244 e. The van der Waals surface area contributed by atoms with E-state index in [2.05, 4.69) is 0 Å². The maximum absolute atomic E-state index is 11.1. The van der Waals surface area contributed by atoms with Crippen LogP contribution in [-0.4, -0.2) is 12.5 Å². The molecule has 0 aliphatic heterocycles. The zero-order valence-corrected chi connectivity index (χ0v) is 8.60. The van der Waals surface area contributed by atoms with E-state index in [1.807, 2.05) is 13.8 Å². The minimum atomic E-state index is -0.285. The number of carbonyl (C=O) groups excluding carboxylic acids is 1. The van der Waals surface area contributed by atoms with Crippen molar-refractivity contribution in [3.8, 4) is 0 Å². The lowest BCUT2D eigenvalue weighted by Gasteiger charge is -2.09. The molecule has 0 aromatic carbocycles. The number of carbonyl (C=O) groups is 1. The molecule has 0 rings (SSSR count). The van der Waals surface area contributed by atoms with Crippen LogP contribution in [0.15, 0.2) is 11.1 Å². The van der Waals surface area contributed by atoms with E-state index in [0.29, 0.717) is 6.54 Å². The fourth-order valence-electron chi connectivity index (χ4n) is 1.44. The van der Waals surface area contributed by atoms with Gasteiger partial charge >= 0.3 is 0 Å². The molecule has 0 bridgehead atoms. The van der Waals surface area contributed by atoms with Crippen molar-refractivity contribution >= 4 is 5.91 Å². The largest absolute Gasteiger partial charge is 0.366 e. The van der Waals surface area contributed by atoms with Gasteiger partial charge in [-0.1, -0.05) is 25.8 Å². The summed E-state index contributed by atoms with van der Waals surface area (Å²) in [5.74, 6) is -0.285. The standard InChI is InChI=1S/C10H20N2O/c1-3-5-9(10(12)13)8(4-2)6-7-11/h3-7,11H2,1-2H3,(H2,12,13). The molecule has 0 saturated heterocycles. The SMILES string of the molecule is CCCC(C(N)=O)=C(CC)CCN. The maximum atomic E-state index is 11.1. The third kappa shape index (κ3) is 4.08. The van der Waals surface area contributed by atoms with Crippen molar-refractivity contribution in [2.24, 2.45) is 11.5 Å². The number of primary amides is 1. The lowest BCUT2D eigenvalue weighted by Crippen LogP contribution is -2.17. The molecule has 0 fully saturated rings. The molecular weight excluding hydrogens is 164 g/mol. The molecule has 0 aliphatic rings. The van der Waals surface area contributed by atoms with Gasteiger partial charge in [-0.25, -0.2) is 0 Å². The van der Waals surface area contributed by atoms with Crippen LogP contribution in [0.3, 0.4) is 0 Å². The van der Waals surface area contributed by atoms with Crippen molar-refractivity contribution in [1.82, 2.24) is 0 Å². The lowest BCUT2D eigenvalue weighted by atomic mass is 9.98. The molecular formula is C10H20N2O. The summed E-state index contributed by atoms with van der Waals surface area (Å²) in [6.45, 7) is 4.66. The van der Waals surface area contributed by atoms with E-state index in [-0.39, 0.29) is 5.91 Å². The van der Waals surface area contributed by atoms with Crippen molar-refractivity contribution in [3.63, 3.8) is 0 Å². The Bertz CT molecular complexity index is 197. The molecule has 3 heteroatoms. The monoisotopic (exact) mass is 184 g/mol. The van der Waals surface area contributed by atoms with Crippen molar-refractivity contribution in [3.05, 3.63) is 11.1 Å². The zero-order valence-electron chi connectivity index (χ0n) is 8.60. The van der Waals surface area contributed by atoms with E-state index in [1.165, 1.54) is 0 Å².